The van der Waals surface area contributed by atoms with E-state index in [0.717, 1.165) is 6.42 Å². The van der Waals surface area contributed by atoms with Crippen molar-refractivity contribution in [2.75, 3.05) is 0 Å². The van der Waals surface area contributed by atoms with Crippen LogP contribution in [0.4, 0.5) is 0 Å². The molecule has 13 heavy (non-hydrogen) atoms. The van der Waals surface area contributed by atoms with Crippen LogP contribution in [-0.2, 0) is 0 Å². The zero-order valence-electron chi connectivity index (χ0n) is 8.60. The van der Waals surface area contributed by atoms with Crippen LogP contribution in [0.3, 0.4) is 0 Å². The fraction of sp³-hybridized carbons (Fsp3) is 0.909. The minimum atomic E-state index is 0.107. The summed E-state index contributed by atoms with van der Waals surface area (Å²) >= 11 is 0. The smallest absolute Gasteiger partial charge is 0.0867 e. The van der Waals surface area contributed by atoms with Gasteiger partial charge in [-0.05, 0) is 19.3 Å². The van der Waals surface area contributed by atoms with E-state index in [0.29, 0.717) is 0 Å². The van der Waals surface area contributed by atoms with Crippen molar-refractivity contribution >= 4 is 6.01 Å². The molecule has 1 aliphatic carbocycles. The first-order valence-corrected chi connectivity index (χ1v) is 5.46. The molecular weight excluding hydrogens is 160 g/mol. The Kier molecular flexibility index (Phi) is 4.17. The van der Waals surface area contributed by atoms with Gasteiger partial charge in [0.05, 0.1) is 11.5 Å². The van der Waals surface area contributed by atoms with Gasteiger partial charge in [-0.1, -0.05) is 39.0 Å². The van der Waals surface area contributed by atoms with Gasteiger partial charge < -0.3 is 0 Å². The Morgan fingerprint density at radius 3 is 2.54 bits per heavy atom. The van der Waals surface area contributed by atoms with E-state index in [1.165, 1.54) is 44.9 Å². The van der Waals surface area contributed by atoms with Crippen molar-refractivity contribution in [3.8, 4) is 0 Å². The Hall–Kier alpha value is -0.620. The average Bonchev–Trinajstić information content (AvgIpc) is 2.17. The van der Waals surface area contributed by atoms with Gasteiger partial charge in [-0.2, -0.15) is 0 Å². The summed E-state index contributed by atoms with van der Waals surface area (Å²) in [6.45, 7) is 2.21. The van der Waals surface area contributed by atoms with E-state index >= 15 is 0 Å². The van der Waals surface area contributed by atoms with Crippen molar-refractivity contribution < 1.29 is 0 Å². The van der Waals surface area contributed by atoms with Crippen LogP contribution in [0.1, 0.15) is 58.3 Å². The number of hydrogen-bond acceptors (Lipinski definition) is 2. The van der Waals surface area contributed by atoms with E-state index in [-0.39, 0.29) is 5.54 Å². The number of aliphatic imine (C=N–C) groups is 1. The van der Waals surface area contributed by atoms with Gasteiger partial charge in [0.15, 0.2) is 0 Å². The Bertz CT molecular complexity index is 186. The summed E-state index contributed by atoms with van der Waals surface area (Å²) in [4.78, 5) is 4.27. The third-order valence-corrected chi connectivity index (χ3v) is 3.07. The summed E-state index contributed by atoms with van der Waals surface area (Å²) in [5.74, 6) is 0. The molecule has 0 heterocycles. The van der Waals surface area contributed by atoms with Crippen LogP contribution in [0, 0.1) is 5.41 Å². The summed E-state index contributed by atoms with van der Waals surface area (Å²) in [6, 6.07) is 2.26. The van der Waals surface area contributed by atoms with Gasteiger partial charge in [0.25, 0.3) is 0 Å². The van der Waals surface area contributed by atoms with Crippen molar-refractivity contribution in [3.63, 3.8) is 0 Å². The summed E-state index contributed by atoms with van der Waals surface area (Å²) in [5.41, 5.74) is 0.107. The largest absolute Gasteiger partial charge is 0.242 e. The van der Waals surface area contributed by atoms with Gasteiger partial charge in [0.1, 0.15) is 0 Å². The van der Waals surface area contributed by atoms with E-state index in [4.69, 9.17) is 5.41 Å². The minimum Gasteiger partial charge on any atom is -0.242 e. The maximum atomic E-state index is 6.98. The lowest BCUT2D eigenvalue weighted by atomic mass is 9.79. The molecule has 1 rings (SSSR count). The zero-order chi connectivity index (χ0) is 9.57. The molecule has 1 aliphatic rings. The van der Waals surface area contributed by atoms with Crippen LogP contribution in [0.5, 0.6) is 0 Å². The van der Waals surface area contributed by atoms with Crippen molar-refractivity contribution in [3.05, 3.63) is 0 Å². The van der Waals surface area contributed by atoms with Gasteiger partial charge in [-0.15, -0.1) is 0 Å². The van der Waals surface area contributed by atoms with Crippen LogP contribution in [0.15, 0.2) is 4.99 Å². The highest BCUT2D eigenvalue weighted by atomic mass is 14.9. The average molecular weight is 180 g/mol. The topological polar surface area (TPSA) is 36.2 Å². The lowest BCUT2D eigenvalue weighted by Gasteiger charge is -2.32. The fourth-order valence-electron chi connectivity index (χ4n) is 2.25. The molecule has 0 aliphatic heterocycles. The van der Waals surface area contributed by atoms with Crippen molar-refractivity contribution in [1.29, 1.82) is 5.41 Å². The van der Waals surface area contributed by atoms with Crippen molar-refractivity contribution in [1.82, 2.24) is 0 Å². The Balaban J connectivity index is 2.55. The van der Waals surface area contributed by atoms with Gasteiger partial charge >= 0.3 is 0 Å². The van der Waals surface area contributed by atoms with E-state index < -0.39 is 0 Å². The molecule has 0 aromatic rings. The number of hydrogen-bond donors (Lipinski definition) is 1. The molecule has 1 N–H and O–H groups in total. The number of nitrogens with one attached hydrogen (secondary N) is 1. The molecule has 1 saturated carbocycles. The van der Waals surface area contributed by atoms with Gasteiger partial charge in [0, 0.05) is 0 Å². The molecule has 0 bridgehead atoms. The molecule has 0 saturated heterocycles. The maximum absolute atomic E-state index is 6.98. The predicted molar refractivity (Wildman–Crippen MR) is 55.5 cm³/mol. The summed E-state index contributed by atoms with van der Waals surface area (Å²) in [6.07, 6.45) is 9.92. The fourth-order valence-corrected chi connectivity index (χ4v) is 2.25. The number of rotatable bonds is 4. The summed E-state index contributed by atoms with van der Waals surface area (Å²) in [7, 11) is 0. The molecule has 0 radical (unpaired) electrons. The van der Waals surface area contributed by atoms with Crippen LogP contribution < -0.4 is 0 Å². The molecule has 2 nitrogen and oxygen atoms in total. The molecule has 0 atom stereocenters. The van der Waals surface area contributed by atoms with Crippen molar-refractivity contribution in [2.45, 2.75) is 63.8 Å². The maximum Gasteiger partial charge on any atom is 0.0867 e. The SMILES string of the molecule is CCCCC1(N=C=N)CCCCC1. The first-order chi connectivity index (χ1) is 6.33. The molecule has 2 heteroatoms. The predicted octanol–water partition coefficient (Wildman–Crippen LogP) is 3.63. The molecule has 0 spiro atoms. The van der Waals surface area contributed by atoms with Crippen LogP contribution in [0.25, 0.3) is 0 Å². The third-order valence-electron chi connectivity index (χ3n) is 3.07. The highest BCUT2D eigenvalue weighted by Crippen LogP contribution is 2.35. The third kappa shape index (κ3) is 2.96. The second-order valence-corrected chi connectivity index (χ2v) is 4.11. The van der Waals surface area contributed by atoms with E-state index in [1.807, 2.05) is 0 Å². The van der Waals surface area contributed by atoms with Crippen LogP contribution in [-0.4, -0.2) is 11.5 Å². The summed E-state index contributed by atoms with van der Waals surface area (Å²) < 4.78 is 0. The van der Waals surface area contributed by atoms with Gasteiger partial charge in [-0.3, -0.25) is 0 Å². The van der Waals surface area contributed by atoms with E-state index in [2.05, 4.69) is 17.9 Å². The lowest BCUT2D eigenvalue weighted by Crippen LogP contribution is -2.29. The standard InChI is InChI=1S/C11H20N2/c1-2-3-7-11(13-10-12)8-5-4-6-9-11/h12H,2-9H2,1H3. The quantitative estimate of drug-likeness (QED) is 0.641. The normalized spacial score (nSPS) is 20.7. The van der Waals surface area contributed by atoms with Gasteiger partial charge in [0.2, 0.25) is 0 Å². The van der Waals surface area contributed by atoms with Crippen molar-refractivity contribution in [2.24, 2.45) is 4.99 Å². The van der Waals surface area contributed by atoms with Crippen LogP contribution >= 0.6 is 0 Å². The van der Waals surface area contributed by atoms with E-state index in [9.17, 15) is 0 Å². The van der Waals surface area contributed by atoms with E-state index in [1.54, 1.807) is 0 Å². The molecule has 0 unspecified atom stereocenters. The minimum absolute atomic E-state index is 0.107. The summed E-state index contributed by atoms with van der Waals surface area (Å²) in [5, 5.41) is 6.98. The molecule has 74 valence electrons. The first kappa shape index (κ1) is 10.5. The first-order valence-electron chi connectivity index (χ1n) is 5.46. The van der Waals surface area contributed by atoms with Crippen LogP contribution in [0.2, 0.25) is 0 Å². The Morgan fingerprint density at radius 1 is 1.31 bits per heavy atom. The monoisotopic (exact) mass is 180 g/mol. The second kappa shape index (κ2) is 5.18. The highest BCUT2D eigenvalue weighted by molar-refractivity contribution is 5.37. The molecule has 1 fully saturated rings. The molecule has 0 aromatic heterocycles. The molecule has 0 aromatic carbocycles. The Morgan fingerprint density at radius 2 is 2.00 bits per heavy atom. The number of nitrogens with zero attached hydrogens (tertiary/aromatic N) is 1. The zero-order valence-corrected chi connectivity index (χ0v) is 8.60. The number of unbranched alkanes of at least 4 members (excludes halogenated alkanes) is 1. The van der Waals surface area contributed by atoms with Gasteiger partial charge in [-0.25, -0.2) is 10.4 Å². The highest BCUT2D eigenvalue weighted by Gasteiger charge is 2.30. The molecule has 0 amide bonds. The molecular formula is C11H20N2. The Labute approximate surface area is 81.0 Å². The second-order valence-electron chi connectivity index (χ2n) is 4.11. The lowest BCUT2D eigenvalue weighted by molar-refractivity contribution is 0.275.